The maximum Gasteiger partial charge on any atom is 0.328 e. The fourth-order valence-electron chi connectivity index (χ4n) is 2.28. The van der Waals surface area contributed by atoms with Gasteiger partial charge in [-0.15, -0.1) is 0 Å². The molecule has 102 valence electrons. The van der Waals surface area contributed by atoms with Crippen LogP contribution in [-0.4, -0.2) is 41.3 Å². The zero-order valence-corrected chi connectivity index (χ0v) is 12.3. The second kappa shape index (κ2) is 6.19. The number of carbonyl (C=O) groups excluding carboxylic acids is 2. The maximum atomic E-state index is 11.9. The summed E-state index contributed by atoms with van der Waals surface area (Å²) in [6.45, 7) is 0.547. The Morgan fingerprint density at radius 2 is 2.16 bits per heavy atom. The van der Waals surface area contributed by atoms with Crippen LogP contribution in [0.1, 0.15) is 12.0 Å². The molecule has 0 N–H and O–H groups in total. The van der Waals surface area contributed by atoms with E-state index in [1.54, 1.807) is 4.90 Å². The van der Waals surface area contributed by atoms with Crippen molar-refractivity contribution in [2.45, 2.75) is 23.7 Å². The first-order valence-corrected chi connectivity index (χ1v) is 7.08. The van der Waals surface area contributed by atoms with Crippen LogP contribution in [0, 0.1) is 0 Å². The molecule has 0 bridgehead atoms. The topological polar surface area (TPSA) is 46.6 Å². The summed E-state index contributed by atoms with van der Waals surface area (Å²) in [5, 5.41) is 0. The van der Waals surface area contributed by atoms with E-state index in [4.69, 9.17) is 4.74 Å². The summed E-state index contributed by atoms with van der Waals surface area (Å²) >= 11 is 3.43. The number of likely N-dealkylation sites (tertiary alicyclic amines) is 1. The fourth-order valence-corrected chi connectivity index (χ4v) is 2.87. The number of rotatable bonds is 4. The summed E-state index contributed by atoms with van der Waals surface area (Å²) in [5.41, 5.74) is 1.02. The van der Waals surface area contributed by atoms with E-state index in [0.29, 0.717) is 19.4 Å². The maximum absolute atomic E-state index is 11.9. The number of hydrogen-bond donors (Lipinski definition) is 0. The predicted molar refractivity (Wildman–Crippen MR) is 75.0 cm³/mol. The van der Waals surface area contributed by atoms with Crippen molar-refractivity contribution < 1.29 is 14.3 Å². The summed E-state index contributed by atoms with van der Waals surface area (Å²) in [6, 6.07) is 9.12. The highest BCUT2D eigenvalue weighted by Crippen LogP contribution is 2.22. The Morgan fingerprint density at radius 3 is 2.68 bits per heavy atom. The third-order valence-corrected chi connectivity index (χ3v) is 3.85. The highest BCUT2D eigenvalue weighted by Gasteiger charge is 2.37. The molecule has 1 heterocycles. The second-order valence-electron chi connectivity index (χ2n) is 4.58. The van der Waals surface area contributed by atoms with E-state index < -0.39 is 6.04 Å². The van der Waals surface area contributed by atoms with Crippen molar-refractivity contribution >= 4 is 27.8 Å². The average Bonchev–Trinajstić information content (AvgIpc) is 2.75. The Kier molecular flexibility index (Phi) is 4.58. The van der Waals surface area contributed by atoms with Crippen LogP contribution in [0.25, 0.3) is 0 Å². The van der Waals surface area contributed by atoms with Crippen LogP contribution in [-0.2, 0) is 20.7 Å². The van der Waals surface area contributed by atoms with E-state index >= 15 is 0 Å². The van der Waals surface area contributed by atoms with Gasteiger partial charge in [0.15, 0.2) is 0 Å². The number of carbonyl (C=O) groups is 2. The number of esters is 1. The Bertz CT molecular complexity index is 463. The van der Waals surface area contributed by atoms with Gasteiger partial charge in [-0.1, -0.05) is 46.3 Å². The lowest BCUT2D eigenvalue weighted by atomic mass is 10.0. The van der Waals surface area contributed by atoms with E-state index in [1.807, 2.05) is 30.3 Å². The molecular weight excluding hydrogens is 310 g/mol. The molecule has 2 rings (SSSR count). The number of methoxy groups -OCH3 is 1. The van der Waals surface area contributed by atoms with Crippen molar-refractivity contribution in [1.82, 2.24) is 4.90 Å². The van der Waals surface area contributed by atoms with Crippen LogP contribution in [0.2, 0.25) is 0 Å². The van der Waals surface area contributed by atoms with Crippen LogP contribution < -0.4 is 0 Å². The quantitative estimate of drug-likeness (QED) is 0.626. The molecule has 2 atom stereocenters. The van der Waals surface area contributed by atoms with Gasteiger partial charge < -0.3 is 9.64 Å². The normalized spacial score (nSPS) is 20.4. The van der Waals surface area contributed by atoms with Crippen molar-refractivity contribution in [2.75, 3.05) is 13.7 Å². The molecule has 0 spiro atoms. The minimum atomic E-state index is -0.539. The lowest BCUT2D eigenvalue weighted by molar-refractivity contribution is -0.151. The molecule has 1 amide bonds. The number of nitrogens with zero attached hydrogens (tertiary/aromatic N) is 1. The van der Waals surface area contributed by atoms with E-state index in [1.165, 1.54) is 7.11 Å². The van der Waals surface area contributed by atoms with E-state index in [2.05, 4.69) is 15.9 Å². The molecule has 1 aliphatic heterocycles. The third kappa shape index (κ3) is 3.35. The van der Waals surface area contributed by atoms with Gasteiger partial charge in [0.25, 0.3) is 0 Å². The first-order chi connectivity index (χ1) is 9.11. The van der Waals surface area contributed by atoms with Gasteiger partial charge in [0, 0.05) is 24.2 Å². The number of halogens is 1. The van der Waals surface area contributed by atoms with Crippen molar-refractivity contribution in [3.63, 3.8) is 0 Å². The Morgan fingerprint density at radius 1 is 1.47 bits per heavy atom. The molecule has 1 unspecified atom stereocenters. The number of alkyl halides is 1. The summed E-state index contributed by atoms with van der Waals surface area (Å²) in [5.74, 6) is -0.369. The first-order valence-electron chi connectivity index (χ1n) is 6.17. The largest absolute Gasteiger partial charge is 0.467 e. The summed E-state index contributed by atoms with van der Waals surface area (Å²) in [7, 11) is 1.35. The first kappa shape index (κ1) is 14.1. The van der Waals surface area contributed by atoms with Gasteiger partial charge in [0.2, 0.25) is 5.91 Å². The van der Waals surface area contributed by atoms with Crippen LogP contribution in [0.15, 0.2) is 30.3 Å². The van der Waals surface area contributed by atoms with Gasteiger partial charge in [-0.05, 0) is 5.56 Å². The smallest absolute Gasteiger partial charge is 0.328 e. The average molecular weight is 326 g/mol. The monoisotopic (exact) mass is 325 g/mol. The van der Waals surface area contributed by atoms with Crippen molar-refractivity contribution in [2.24, 2.45) is 0 Å². The molecule has 0 aromatic heterocycles. The van der Waals surface area contributed by atoms with Gasteiger partial charge >= 0.3 is 5.97 Å². The molecule has 1 aromatic carbocycles. The predicted octanol–water partition coefficient (Wildman–Crippen LogP) is 1.77. The number of ether oxygens (including phenoxy) is 1. The highest BCUT2D eigenvalue weighted by molar-refractivity contribution is 9.09. The standard InChI is InChI=1S/C14H16BrNO3/c1-19-14(18)12(7-10-5-3-2-4-6-10)16-9-11(15)8-13(16)17/h2-6,11-12H,7-9H2,1H3/t11?,12-/m1/s1. The second-order valence-corrected chi connectivity index (χ2v) is 5.87. The van der Waals surface area contributed by atoms with E-state index in [-0.39, 0.29) is 16.7 Å². The molecule has 0 saturated carbocycles. The van der Waals surface area contributed by atoms with Crippen LogP contribution in [0.5, 0.6) is 0 Å². The van der Waals surface area contributed by atoms with Gasteiger partial charge in [0.1, 0.15) is 6.04 Å². The molecular formula is C14H16BrNO3. The molecule has 0 aliphatic carbocycles. The fraction of sp³-hybridized carbons (Fsp3) is 0.429. The number of hydrogen-bond acceptors (Lipinski definition) is 3. The van der Waals surface area contributed by atoms with E-state index in [9.17, 15) is 9.59 Å². The van der Waals surface area contributed by atoms with Gasteiger partial charge in [-0.25, -0.2) is 4.79 Å². The SMILES string of the molecule is COC(=O)[C@@H](Cc1ccccc1)N1CC(Br)CC1=O. The van der Waals surface area contributed by atoms with Crippen LogP contribution in [0.4, 0.5) is 0 Å². The Hall–Kier alpha value is -1.36. The van der Waals surface area contributed by atoms with Gasteiger partial charge in [-0.3, -0.25) is 4.79 Å². The molecule has 1 fully saturated rings. The Labute approximate surface area is 120 Å². The molecule has 1 saturated heterocycles. The zero-order chi connectivity index (χ0) is 13.8. The molecule has 5 heteroatoms. The summed E-state index contributed by atoms with van der Waals surface area (Å²) in [4.78, 5) is 25.6. The van der Waals surface area contributed by atoms with Crippen LogP contribution in [0.3, 0.4) is 0 Å². The zero-order valence-electron chi connectivity index (χ0n) is 10.7. The molecule has 1 aliphatic rings. The van der Waals surface area contributed by atoms with Crippen molar-refractivity contribution in [1.29, 1.82) is 0 Å². The lowest BCUT2D eigenvalue weighted by Gasteiger charge is -2.25. The van der Waals surface area contributed by atoms with Crippen molar-refractivity contribution in [3.8, 4) is 0 Å². The molecule has 0 radical (unpaired) electrons. The number of amides is 1. The number of benzene rings is 1. The highest BCUT2D eigenvalue weighted by atomic mass is 79.9. The Balaban J connectivity index is 2.17. The third-order valence-electron chi connectivity index (χ3n) is 3.23. The molecule has 19 heavy (non-hydrogen) atoms. The minimum absolute atomic E-state index is 0.00629. The van der Waals surface area contributed by atoms with Crippen LogP contribution >= 0.6 is 15.9 Å². The van der Waals surface area contributed by atoms with E-state index in [0.717, 1.165) is 5.56 Å². The molecule has 4 nitrogen and oxygen atoms in total. The summed E-state index contributed by atoms with van der Waals surface area (Å²) in [6.07, 6.45) is 0.918. The minimum Gasteiger partial charge on any atom is -0.467 e. The van der Waals surface area contributed by atoms with Gasteiger partial charge in [-0.2, -0.15) is 0 Å². The lowest BCUT2D eigenvalue weighted by Crippen LogP contribution is -2.44. The van der Waals surface area contributed by atoms with Crippen molar-refractivity contribution in [3.05, 3.63) is 35.9 Å². The molecule has 1 aromatic rings. The van der Waals surface area contributed by atoms with Gasteiger partial charge in [0.05, 0.1) is 7.11 Å². The summed E-state index contributed by atoms with van der Waals surface area (Å²) < 4.78 is 4.83.